The maximum absolute atomic E-state index is 12.4. The first kappa shape index (κ1) is 44.1. The summed E-state index contributed by atoms with van der Waals surface area (Å²) in [6.07, 6.45) is 39.2. The van der Waals surface area contributed by atoms with E-state index in [2.05, 4.69) is 19.2 Å². The molecule has 1 amide bonds. The summed E-state index contributed by atoms with van der Waals surface area (Å²) in [6.45, 7) is 4.11. The third kappa shape index (κ3) is 31.4. The highest BCUT2D eigenvalue weighted by molar-refractivity contribution is 5.85. The van der Waals surface area contributed by atoms with Crippen LogP contribution in [0, 0.1) is 0 Å². The molecule has 0 aliphatic carbocycles. The predicted octanol–water partition coefficient (Wildman–Crippen LogP) is 11.3. The number of unbranched alkanes of at least 4 members (excludes halogenated alkanes) is 29. The summed E-state index contributed by atoms with van der Waals surface area (Å²) >= 11 is 0. The number of aliphatic hydroxyl groups is 2. The van der Waals surface area contributed by atoms with Gasteiger partial charge in [0.1, 0.15) is 6.10 Å². The van der Waals surface area contributed by atoms with E-state index >= 15 is 0 Å². The molecule has 2 atom stereocenters. The summed E-state index contributed by atoms with van der Waals surface area (Å²) in [5.74, 6) is -0.455. The van der Waals surface area contributed by atoms with Crippen molar-refractivity contribution in [3.63, 3.8) is 0 Å². The Morgan fingerprint density at radius 3 is 1.00 bits per heavy atom. The van der Waals surface area contributed by atoms with E-state index in [0.717, 1.165) is 38.5 Å². The minimum absolute atomic E-state index is 0.182. The molecule has 5 nitrogen and oxygen atoms in total. The largest absolute Gasteiger partial charge is 0.394 e. The third-order valence-corrected chi connectivity index (χ3v) is 9.54. The molecule has 268 valence electrons. The van der Waals surface area contributed by atoms with Gasteiger partial charge >= 0.3 is 0 Å². The van der Waals surface area contributed by atoms with Crippen molar-refractivity contribution in [2.75, 3.05) is 6.61 Å². The second kappa shape index (κ2) is 35.9. The highest BCUT2D eigenvalue weighted by atomic mass is 16.3. The molecule has 0 unspecified atom stereocenters. The normalized spacial score (nSPS) is 12.8. The first-order chi connectivity index (χ1) is 22.1. The van der Waals surface area contributed by atoms with Crippen molar-refractivity contribution < 1.29 is 19.8 Å². The molecule has 5 heteroatoms. The Bertz CT molecular complexity index is 625. The van der Waals surface area contributed by atoms with Crippen LogP contribution in [0.1, 0.15) is 226 Å². The Hall–Kier alpha value is -0.940. The van der Waals surface area contributed by atoms with E-state index in [1.165, 1.54) is 161 Å². The number of amides is 1. The standard InChI is InChI=1S/C40H79NO4/c1-3-5-7-9-11-13-15-17-18-19-20-21-22-23-25-27-29-31-33-35-39(44)41-37(36-42)40(45)38(43)34-32-30-28-26-24-16-14-12-10-8-6-4-2/h37,40,42,45H,3-36H2,1-2H3,(H,41,44)/t37-,40-/m1/s1. The zero-order valence-corrected chi connectivity index (χ0v) is 30.4. The molecule has 0 saturated carbocycles. The van der Waals surface area contributed by atoms with Crippen LogP contribution in [-0.2, 0) is 9.59 Å². The molecule has 0 saturated heterocycles. The lowest BCUT2D eigenvalue weighted by Gasteiger charge is -2.21. The molecule has 0 fully saturated rings. The van der Waals surface area contributed by atoms with Gasteiger partial charge in [-0.25, -0.2) is 0 Å². The number of Topliss-reactive ketones (excluding diaryl/α,β-unsaturated/α-hetero) is 1. The SMILES string of the molecule is CCCCCCCCCCCCCCCCCCCCCC(=O)N[C@H](CO)[C@@H](O)C(=O)CCCCCCCCCCCCCC. The number of carbonyl (C=O) groups excluding carboxylic acids is 2. The molecule has 0 aromatic rings. The molecular weight excluding hydrogens is 558 g/mol. The van der Waals surface area contributed by atoms with Crippen molar-refractivity contribution in [3.8, 4) is 0 Å². The number of hydrogen-bond donors (Lipinski definition) is 3. The smallest absolute Gasteiger partial charge is 0.220 e. The Morgan fingerprint density at radius 1 is 0.444 bits per heavy atom. The zero-order chi connectivity index (χ0) is 33.1. The average molecular weight is 638 g/mol. The number of carbonyl (C=O) groups is 2. The highest BCUT2D eigenvalue weighted by Gasteiger charge is 2.26. The minimum Gasteiger partial charge on any atom is -0.394 e. The Morgan fingerprint density at radius 2 is 0.711 bits per heavy atom. The van der Waals surface area contributed by atoms with Crippen molar-refractivity contribution >= 4 is 11.7 Å². The number of aliphatic hydroxyl groups excluding tert-OH is 2. The van der Waals surface area contributed by atoms with Crippen LogP contribution in [0.15, 0.2) is 0 Å². The molecule has 0 aliphatic rings. The molecule has 3 N–H and O–H groups in total. The van der Waals surface area contributed by atoms with Crippen LogP contribution in [0.5, 0.6) is 0 Å². The van der Waals surface area contributed by atoms with Gasteiger partial charge in [0.05, 0.1) is 12.6 Å². The van der Waals surface area contributed by atoms with Gasteiger partial charge in [0, 0.05) is 12.8 Å². The van der Waals surface area contributed by atoms with Gasteiger partial charge in [-0.15, -0.1) is 0 Å². The van der Waals surface area contributed by atoms with E-state index in [9.17, 15) is 19.8 Å². The van der Waals surface area contributed by atoms with Crippen LogP contribution in [-0.4, -0.2) is 40.7 Å². The highest BCUT2D eigenvalue weighted by Crippen LogP contribution is 2.16. The van der Waals surface area contributed by atoms with Crippen LogP contribution in [0.25, 0.3) is 0 Å². The fourth-order valence-corrected chi connectivity index (χ4v) is 6.38. The van der Waals surface area contributed by atoms with Gasteiger partial charge in [-0.2, -0.15) is 0 Å². The molecule has 0 spiro atoms. The quantitative estimate of drug-likeness (QED) is 0.0591. The van der Waals surface area contributed by atoms with Gasteiger partial charge in [-0.1, -0.05) is 200 Å². The van der Waals surface area contributed by atoms with E-state index in [1.54, 1.807) is 0 Å². The molecule has 0 rings (SSSR count). The lowest BCUT2D eigenvalue weighted by Crippen LogP contribution is -2.49. The fourth-order valence-electron chi connectivity index (χ4n) is 6.38. The molecule has 0 aromatic carbocycles. The van der Waals surface area contributed by atoms with Gasteiger partial charge in [0.15, 0.2) is 5.78 Å². The number of ketones is 1. The summed E-state index contributed by atoms with van der Waals surface area (Å²) in [5, 5.41) is 22.8. The monoisotopic (exact) mass is 638 g/mol. The van der Waals surface area contributed by atoms with Crippen molar-refractivity contribution in [3.05, 3.63) is 0 Å². The molecule has 45 heavy (non-hydrogen) atoms. The van der Waals surface area contributed by atoms with E-state index < -0.39 is 18.8 Å². The van der Waals surface area contributed by atoms with E-state index in [1.807, 2.05) is 0 Å². The third-order valence-electron chi connectivity index (χ3n) is 9.54. The summed E-state index contributed by atoms with van der Waals surface area (Å²) in [6, 6.07) is -0.900. The van der Waals surface area contributed by atoms with Crippen LogP contribution in [0.3, 0.4) is 0 Å². The molecule has 0 bridgehead atoms. The first-order valence-corrected chi connectivity index (χ1v) is 20.2. The van der Waals surface area contributed by atoms with Gasteiger partial charge in [0.2, 0.25) is 5.91 Å². The van der Waals surface area contributed by atoms with Gasteiger partial charge in [0.25, 0.3) is 0 Å². The van der Waals surface area contributed by atoms with Crippen LogP contribution in [0.2, 0.25) is 0 Å². The van der Waals surface area contributed by atoms with Crippen molar-refractivity contribution in [2.24, 2.45) is 0 Å². The molecule has 0 aromatic heterocycles. The molecule has 0 radical (unpaired) electrons. The van der Waals surface area contributed by atoms with E-state index in [-0.39, 0.29) is 11.7 Å². The van der Waals surface area contributed by atoms with Gasteiger partial charge in [-0.3, -0.25) is 9.59 Å². The molecular formula is C40H79NO4. The van der Waals surface area contributed by atoms with Crippen LogP contribution in [0.4, 0.5) is 0 Å². The lowest BCUT2D eigenvalue weighted by atomic mass is 10.0. The molecule has 0 aliphatic heterocycles. The maximum Gasteiger partial charge on any atom is 0.220 e. The molecule has 0 heterocycles. The summed E-state index contributed by atoms with van der Waals surface area (Å²) < 4.78 is 0. The predicted molar refractivity (Wildman–Crippen MR) is 194 cm³/mol. The minimum atomic E-state index is -1.32. The van der Waals surface area contributed by atoms with Crippen molar-refractivity contribution in [2.45, 2.75) is 238 Å². The topological polar surface area (TPSA) is 86.6 Å². The second-order valence-electron chi connectivity index (χ2n) is 14.0. The fraction of sp³-hybridized carbons (Fsp3) is 0.950. The van der Waals surface area contributed by atoms with Crippen LogP contribution < -0.4 is 5.32 Å². The van der Waals surface area contributed by atoms with Gasteiger partial charge in [-0.05, 0) is 12.8 Å². The number of rotatable bonds is 37. The maximum atomic E-state index is 12.4. The average Bonchev–Trinajstić information content (AvgIpc) is 3.04. The number of hydrogen-bond acceptors (Lipinski definition) is 4. The Labute approximate surface area is 280 Å². The summed E-state index contributed by atoms with van der Waals surface area (Å²) in [4.78, 5) is 24.8. The van der Waals surface area contributed by atoms with Gasteiger partial charge < -0.3 is 15.5 Å². The number of nitrogens with one attached hydrogen (secondary N) is 1. The first-order valence-electron chi connectivity index (χ1n) is 20.2. The Balaban J connectivity index is 3.60. The van der Waals surface area contributed by atoms with Crippen molar-refractivity contribution in [1.82, 2.24) is 5.32 Å². The second-order valence-corrected chi connectivity index (χ2v) is 14.0. The van der Waals surface area contributed by atoms with E-state index in [0.29, 0.717) is 12.8 Å². The summed E-state index contributed by atoms with van der Waals surface area (Å²) in [5.41, 5.74) is 0. The van der Waals surface area contributed by atoms with Crippen LogP contribution >= 0.6 is 0 Å². The van der Waals surface area contributed by atoms with E-state index in [4.69, 9.17) is 0 Å². The van der Waals surface area contributed by atoms with Crippen molar-refractivity contribution in [1.29, 1.82) is 0 Å². The summed E-state index contributed by atoms with van der Waals surface area (Å²) in [7, 11) is 0. The Kier molecular flexibility index (Phi) is 35.2. The zero-order valence-electron chi connectivity index (χ0n) is 30.4. The lowest BCUT2D eigenvalue weighted by molar-refractivity contribution is -0.131.